The summed E-state index contributed by atoms with van der Waals surface area (Å²) in [6, 6.07) is 12.3. The maximum atomic E-state index is 4.67. The Morgan fingerprint density at radius 2 is 1.95 bits per heavy atom. The highest BCUT2D eigenvalue weighted by Crippen LogP contribution is 2.31. The van der Waals surface area contributed by atoms with Gasteiger partial charge in [0, 0.05) is 11.3 Å². The second-order valence-corrected chi connectivity index (χ2v) is 6.13. The predicted octanol–water partition coefficient (Wildman–Crippen LogP) is 4.37. The number of aryl methyl sites for hydroxylation is 2. The van der Waals surface area contributed by atoms with Crippen LogP contribution in [0.2, 0.25) is 0 Å². The van der Waals surface area contributed by atoms with Gasteiger partial charge < -0.3 is 4.98 Å². The van der Waals surface area contributed by atoms with E-state index in [1.54, 1.807) is 11.3 Å². The number of nitrogens with zero attached hydrogens (tertiary/aromatic N) is 3. The normalized spacial score (nSPS) is 11.2. The Hall–Kier alpha value is -2.53. The largest absolute Gasteiger partial charge is 0.340 e. The van der Waals surface area contributed by atoms with Gasteiger partial charge in [0.1, 0.15) is 5.82 Å². The molecule has 0 saturated carbocycles. The molecule has 4 rings (SSSR count). The zero-order chi connectivity index (χ0) is 15.1. The lowest BCUT2D eigenvalue weighted by molar-refractivity contribution is 1.14. The number of fused-ring (bicyclic) bond motifs is 1. The smallest absolute Gasteiger partial charge is 0.104 e. The van der Waals surface area contributed by atoms with Crippen LogP contribution in [0.25, 0.3) is 32.9 Å². The Balaban J connectivity index is 1.91. The van der Waals surface area contributed by atoms with Gasteiger partial charge in [0.25, 0.3) is 0 Å². The van der Waals surface area contributed by atoms with Gasteiger partial charge in [-0.05, 0) is 38.1 Å². The fraction of sp³-hybridized carbons (Fsp3) is 0.118. The SMILES string of the molecule is Cc1cccc(-c2[nH]c(C)nc2-c2ccc3ncsc3c2)n1. The lowest BCUT2D eigenvalue weighted by atomic mass is 10.1. The van der Waals surface area contributed by atoms with Crippen LogP contribution in [0.5, 0.6) is 0 Å². The van der Waals surface area contributed by atoms with Crippen molar-refractivity contribution >= 4 is 21.6 Å². The van der Waals surface area contributed by atoms with E-state index >= 15 is 0 Å². The van der Waals surface area contributed by atoms with Crippen LogP contribution in [0.3, 0.4) is 0 Å². The number of hydrogen-bond donors (Lipinski definition) is 1. The van der Waals surface area contributed by atoms with Crippen molar-refractivity contribution in [2.75, 3.05) is 0 Å². The summed E-state index contributed by atoms with van der Waals surface area (Å²) < 4.78 is 1.17. The van der Waals surface area contributed by atoms with Gasteiger partial charge in [0.05, 0.1) is 32.8 Å². The minimum atomic E-state index is 0.887. The maximum absolute atomic E-state index is 4.67. The van der Waals surface area contributed by atoms with Gasteiger partial charge in [0.2, 0.25) is 0 Å². The summed E-state index contributed by atoms with van der Waals surface area (Å²) in [7, 11) is 0. The van der Waals surface area contributed by atoms with Crippen LogP contribution in [-0.4, -0.2) is 19.9 Å². The summed E-state index contributed by atoms with van der Waals surface area (Å²) in [4.78, 5) is 17.0. The van der Waals surface area contributed by atoms with Crippen molar-refractivity contribution in [3.8, 4) is 22.6 Å². The molecule has 0 unspecified atom stereocenters. The van der Waals surface area contributed by atoms with Gasteiger partial charge in [-0.3, -0.25) is 4.98 Å². The van der Waals surface area contributed by atoms with E-state index in [9.17, 15) is 0 Å². The number of imidazole rings is 1. The van der Waals surface area contributed by atoms with Gasteiger partial charge in [-0.2, -0.15) is 0 Å². The van der Waals surface area contributed by atoms with E-state index in [1.807, 2.05) is 43.6 Å². The van der Waals surface area contributed by atoms with Crippen molar-refractivity contribution in [3.63, 3.8) is 0 Å². The quantitative estimate of drug-likeness (QED) is 0.598. The van der Waals surface area contributed by atoms with Crippen molar-refractivity contribution in [3.05, 3.63) is 53.4 Å². The van der Waals surface area contributed by atoms with E-state index in [2.05, 4.69) is 32.1 Å². The van der Waals surface area contributed by atoms with Crippen molar-refractivity contribution < 1.29 is 0 Å². The van der Waals surface area contributed by atoms with Gasteiger partial charge in [-0.25, -0.2) is 9.97 Å². The molecule has 4 nitrogen and oxygen atoms in total. The Kier molecular flexibility index (Phi) is 3.01. The molecule has 22 heavy (non-hydrogen) atoms. The van der Waals surface area contributed by atoms with E-state index < -0.39 is 0 Å². The first-order chi connectivity index (χ1) is 10.7. The zero-order valence-corrected chi connectivity index (χ0v) is 13.1. The molecule has 0 atom stereocenters. The second-order valence-electron chi connectivity index (χ2n) is 5.24. The lowest BCUT2D eigenvalue weighted by Crippen LogP contribution is -1.89. The zero-order valence-electron chi connectivity index (χ0n) is 12.3. The highest BCUT2D eigenvalue weighted by Gasteiger charge is 2.14. The van der Waals surface area contributed by atoms with E-state index in [0.29, 0.717) is 0 Å². The first-order valence-corrected chi connectivity index (χ1v) is 7.93. The molecule has 0 aliphatic heterocycles. The molecule has 0 saturated heterocycles. The number of nitrogens with one attached hydrogen (secondary N) is 1. The number of aromatic amines is 1. The molecule has 4 aromatic rings. The molecule has 0 radical (unpaired) electrons. The summed E-state index contributed by atoms with van der Waals surface area (Å²) in [5, 5.41) is 0. The summed E-state index contributed by atoms with van der Waals surface area (Å²) in [6.07, 6.45) is 0. The predicted molar refractivity (Wildman–Crippen MR) is 89.9 cm³/mol. The Morgan fingerprint density at radius 3 is 2.82 bits per heavy atom. The van der Waals surface area contributed by atoms with Gasteiger partial charge in [0.15, 0.2) is 0 Å². The van der Waals surface area contributed by atoms with E-state index in [1.165, 1.54) is 4.70 Å². The number of pyridine rings is 1. The molecule has 0 spiro atoms. The third-order valence-electron chi connectivity index (χ3n) is 3.57. The van der Waals surface area contributed by atoms with E-state index in [4.69, 9.17) is 0 Å². The fourth-order valence-electron chi connectivity index (χ4n) is 2.57. The number of thiazole rings is 1. The fourth-order valence-corrected chi connectivity index (χ4v) is 3.29. The van der Waals surface area contributed by atoms with Crippen LogP contribution >= 0.6 is 11.3 Å². The van der Waals surface area contributed by atoms with Gasteiger partial charge in [-0.1, -0.05) is 12.1 Å². The molecule has 0 aliphatic rings. The third kappa shape index (κ3) is 2.19. The molecule has 1 aromatic carbocycles. The van der Waals surface area contributed by atoms with Crippen LogP contribution in [0.4, 0.5) is 0 Å². The summed E-state index contributed by atoms with van der Waals surface area (Å²) >= 11 is 1.64. The summed E-state index contributed by atoms with van der Waals surface area (Å²) in [6.45, 7) is 3.96. The molecule has 3 heterocycles. The minimum Gasteiger partial charge on any atom is -0.340 e. The molecule has 0 aliphatic carbocycles. The lowest BCUT2D eigenvalue weighted by Gasteiger charge is -2.03. The molecule has 108 valence electrons. The van der Waals surface area contributed by atoms with Gasteiger partial charge >= 0.3 is 0 Å². The average molecular weight is 306 g/mol. The number of hydrogen-bond acceptors (Lipinski definition) is 4. The molecule has 0 fully saturated rings. The molecule has 0 amide bonds. The molecular weight excluding hydrogens is 292 g/mol. The Morgan fingerprint density at radius 1 is 1.05 bits per heavy atom. The number of aromatic nitrogens is 4. The molecular formula is C17H14N4S. The van der Waals surface area contributed by atoms with Crippen molar-refractivity contribution in [2.45, 2.75) is 13.8 Å². The average Bonchev–Trinajstić information content (AvgIpc) is 3.12. The van der Waals surface area contributed by atoms with Crippen LogP contribution in [-0.2, 0) is 0 Å². The minimum absolute atomic E-state index is 0.887. The maximum Gasteiger partial charge on any atom is 0.104 e. The highest BCUT2D eigenvalue weighted by molar-refractivity contribution is 7.16. The first-order valence-electron chi connectivity index (χ1n) is 7.05. The topological polar surface area (TPSA) is 54.5 Å². The van der Waals surface area contributed by atoms with E-state index in [0.717, 1.165) is 39.7 Å². The second kappa shape index (κ2) is 5.03. The van der Waals surface area contributed by atoms with Crippen molar-refractivity contribution in [1.29, 1.82) is 0 Å². The monoisotopic (exact) mass is 306 g/mol. The molecule has 3 aromatic heterocycles. The number of benzene rings is 1. The van der Waals surface area contributed by atoms with Crippen molar-refractivity contribution in [2.24, 2.45) is 0 Å². The molecule has 5 heteroatoms. The summed E-state index contributed by atoms with van der Waals surface area (Å²) in [5.41, 5.74) is 7.79. The number of H-pyrrole nitrogens is 1. The Labute approximate surface area is 131 Å². The number of rotatable bonds is 2. The van der Waals surface area contributed by atoms with E-state index in [-0.39, 0.29) is 0 Å². The highest BCUT2D eigenvalue weighted by atomic mass is 32.1. The van der Waals surface area contributed by atoms with Crippen LogP contribution in [0.15, 0.2) is 41.9 Å². The van der Waals surface area contributed by atoms with Crippen LogP contribution in [0.1, 0.15) is 11.5 Å². The standard InChI is InChI=1S/C17H14N4S/c1-10-4-3-5-14(19-10)17-16(20-11(2)21-17)12-6-7-13-15(8-12)22-9-18-13/h3-9H,1-2H3,(H,20,21). The van der Waals surface area contributed by atoms with Gasteiger partial charge in [-0.15, -0.1) is 11.3 Å². The molecule has 1 N–H and O–H groups in total. The van der Waals surface area contributed by atoms with Crippen LogP contribution < -0.4 is 0 Å². The summed E-state index contributed by atoms with van der Waals surface area (Å²) in [5.74, 6) is 0.887. The van der Waals surface area contributed by atoms with Crippen molar-refractivity contribution in [1.82, 2.24) is 19.9 Å². The Bertz CT molecular complexity index is 968. The molecule has 0 bridgehead atoms. The first kappa shape index (κ1) is 13.2. The third-order valence-corrected chi connectivity index (χ3v) is 4.36. The van der Waals surface area contributed by atoms with Crippen LogP contribution in [0, 0.1) is 13.8 Å².